The zero-order valence-electron chi connectivity index (χ0n) is 14.1. The van der Waals surface area contributed by atoms with Gasteiger partial charge in [0.25, 0.3) is 5.56 Å². The molecule has 6 nitrogen and oxygen atoms in total. The van der Waals surface area contributed by atoms with Crippen LogP contribution < -0.4 is 5.56 Å². The monoisotopic (exact) mass is 341 g/mol. The van der Waals surface area contributed by atoms with Gasteiger partial charge in [-0.2, -0.15) is 0 Å². The minimum Gasteiger partial charge on any atom is -0.295 e. The summed E-state index contributed by atoms with van der Waals surface area (Å²) < 4.78 is 1.54. The molecule has 0 bridgehead atoms. The van der Waals surface area contributed by atoms with Gasteiger partial charge in [0.15, 0.2) is 0 Å². The van der Waals surface area contributed by atoms with E-state index in [1.807, 2.05) is 45.9 Å². The Labute approximate surface area is 143 Å². The van der Waals surface area contributed by atoms with Crippen LogP contribution in [0, 0.1) is 20.8 Å². The molecular formula is C17H19N5OS. The van der Waals surface area contributed by atoms with Gasteiger partial charge in [-0.15, -0.1) is 10.2 Å². The van der Waals surface area contributed by atoms with Crippen molar-refractivity contribution in [2.75, 3.05) is 0 Å². The van der Waals surface area contributed by atoms with Crippen LogP contribution in [0.25, 0.3) is 5.69 Å². The SMILES string of the molecule is CCc1nnc(/N=C/c2c(C)[nH]n(-c3ccc(C)c(C)c3)c2=O)s1. The molecule has 0 radical (unpaired) electrons. The first-order valence-electron chi connectivity index (χ1n) is 7.75. The van der Waals surface area contributed by atoms with E-state index in [9.17, 15) is 4.79 Å². The molecule has 3 aromatic rings. The van der Waals surface area contributed by atoms with Crippen LogP contribution in [-0.4, -0.2) is 26.2 Å². The van der Waals surface area contributed by atoms with Gasteiger partial charge in [0, 0.05) is 11.9 Å². The van der Waals surface area contributed by atoms with Crippen molar-refractivity contribution >= 4 is 22.7 Å². The molecule has 24 heavy (non-hydrogen) atoms. The third-order valence-corrected chi connectivity index (χ3v) is 4.90. The quantitative estimate of drug-likeness (QED) is 0.740. The summed E-state index contributed by atoms with van der Waals surface area (Å²) in [6, 6.07) is 5.93. The summed E-state index contributed by atoms with van der Waals surface area (Å²) in [7, 11) is 0. The molecule has 0 aliphatic heterocycles. The van der Waals surface area contributed by atoms with E-state index in [0.717, 1.165) is 28.4 Å². The molecule has 1 N–H and O–H groups in total. The summed E-state index contributed by atoms with van der Waals surface area (Å²) in [5.74, 6) is 0. The van der Waals surface area contributed by atoms with Gasteiger partial charge < -0.3 is 0 Å². The summed E-state index contributed by atoms with van der Waals surface area (Å²) in [6.07, 6.45) is 2.39. The Bertz CT molecular complexity index is 964. The number of hydrogen-bond acceptors (Lipinski definition) is 5. The third-order valence-electron chi connectivity index (χ3n) is 3.93. The maximum Gasteiger partial charge on any atom is 0.280 e. The lowest BCUT2D eigenvalue weighted by atomic mass is 10.1. The second kappa shape index (κ2) is 6.52. The Morgan fingerprint density at radius 2 is 2.04 bits per heavy atom. The highest BCUT2D eigenvalue weighted by atomic mass is 32.1. The predicted molar refractivity (Wildman–Crippen MR) is 97.1 cm³/mol. The number of benzene rings is 1. The van der Waals surface area contributed by atoms with Gasteiger partial charge in [-0.05, 0) is 50.5 Å². The third kappa shape index (κ3) is 3.07. The number of aromatic amines is 1. The average Bonchev–Trinajstić information content (AvgIpc) is 3.13. The van der Waals surface area contributed by atoms with Gasteiger partial charge in [-0.3, -0.25) is 9.89 Å². The first-order valence-corrected chi connectivity index (χ1v) is 8.57. The number of nitrogens with zero attached hydrogens (tertiary/aromatic N) is 4. The van der Waals surface area contributed by atoms with Crippen molar-refractivity contribution in [2.45, 2.75) is 34.1 Å². The lowest BCUT2D eigenvalue weighted by molar-refractivity contribution is 0.833. The van der Waals surface area contributed by atoms with Crippen LogP contribution in [0.15, 0.2) is 28.0 Å². The predicted octanol–water partition coefficient (Wildman–Crippen LogP) is 3.26. The smallest absolute Gasteiger partial charge is 0.280 e. The Morgan fingerprint density at radius 1 is 1.25 bits per heavy atom. The minimum atomic E-state index is -0.125. The zero-order valence-corrected chi connectivity index (χ0v) is 14.9. The number of aliphatic imine (C=N–C) groups is 1. The normalized spacial score (nSPS) is 11.5. The van der Waals surface area contributed by atoms with E-state index in [2.05, 4.69) is 20.3 Å². The van der Waals surface area contributed by atoms with E-state index >= 15 is 0 Å². The lowest BCUT2D eigenvalue weighted by Crippen LogP contribution is -2.17. The summed E-state index contributed by atoms with van der Waals surface area (Å²) in [5, 5.41) is 12.6. The fourth-order valence-electron chi connectivity index (χ4n) is 2.32. The summed E-state index contributed by atoms with van der Waals surface area (Å²) in [5.41, 5.74) is 4.32. The molecule has 0 aliphatic rings. The van der Waals surface area contributed by atoms with Crippen molar-refractivity contribution in [3.63, 3.8) is 0 Å². The van der Waals surface area contributed by atoms with Crippen LogP contribution in [0.4, 0.5) is 5.13 Å². The van der Waals surface area contributed by atoms with E-state index in [0.29, 0.717) is 10.7 Å². The molecule has 2 heterocycles. The molecular weight excluding hydrogens is 322 g/mol. The number of nitrogens with one attached hydrogen (secondary N) is 1. The van der Waals surface area contributed by atoms with Crippen LogP contribution in [-0.2, 0) is 6.42 Å². The van der Waals surface area contributed by atoms with Crippen LogP contribution in [0.3, 0.4) is 0 Å². The minimum absolute atomic E-state index is 0.125. The number of H-pyrrole nitrogens is 1. The molecule has 0 amide bonds. The van der Waals surface area contributed by atoms with Gasteiger partial charge in [-0.25, -0.2) is 9.67 Å². The van der Waals surface area contributed by atoms with Crippen molar-refractivity contribution in [3.8, 4) is 5.69 Å². The molecule has 124 valence electrons. The second-order valence-electron chi connectivity index (χ2n) is 5.65. The summed E-state index contributed by atoms with van der Waals surface area (Å²) in [6.45, 7) is 7.96. The summed E-state index contributed by atoms with van der Waals surface area (Å²) in [4.78, 5) is 17.0. The maximum absolute atomic E-state index is 12.7. The highest BCUT2D eigenvalue weighted by molar-refractivity contribution is 7.14. The van der Waals surface area contributed by atoms with Gasteiger partial charge in [0.2, 0.25) is 5.13 Å². The Hall–Kier alpha value is -2.54. The molecule has 0 saturated carbocycles. The van der Waals surface area contributed by atoms with Crippen molar-refractivity contribution in [2.24, 2.45) is 4.99 Å². The second-order valence-corrected chi connectivity index (χ2v) is 6.69. The number of aromatic nitrogens is 4. The topological polar surface area (TPSA) is 75.9 Å². The number of hydrogen-bond donors (Lipinski definition) is 1. The van der Waals surface area contributed by atoms with Crippen LogP contribution in [0.5, 0.6) is 0 Å². The maximum atomic E-state index is 12.7. The number of aryl methyl sites for hydroxylation is 4. The Balaban J connectivity index is 1.97. The van der Waals surface area contributed by atoms with Crippen molar-refractivity contribution in [3.05, 3.63) is 55.9 Å². The van der Waals surface area contributed by atoms with Crippen molar-refractivity contribution in [1.82, 2.24) is 20.0 Å². The molecule has 0 aliphatic carbocycles. The first kappa shape index (κ1) is 16.3. The van der Waals surface area contributed by atoms with E-state index in [1.165, 1.54) is 16.9 Å². The van der Waals surface area contributed by atoms with Gasteiger partial charge in [0.1, 0.15) is 5.01 Å². The molecule has 0 fully saturated rings. The Morgan fingerprint density at radius 3 is 2.71 bits per heavy atom. The fourth-order valence-corrected chi connectivity index (χ4v) is 2.94. The molecule has 3 rings (SSSR count). The van der Waals surface area contributed by atoms with Crippen LogP contribution in [0.2, 0.25) is 0 Å². The Kier molecular flexibility index (Phi) is 4.44. The van der Waals surface area contributed by atoms with Gasteiger partial charge in [0.05, 0.1) is 11.3 Å². The van der Waals surface area contributed by atoms with Crippen LogP contribution >= 0.6 is 11.3 Å². The summed E-state index contributed by atoms with van der Waals surface area (Å²) >= 11 is 1.43. The van der Waals surface area contributed by atoms with E-state index in [4.69, 9.17) is 0 Å². The number of rotatable bonds is 4. The highest BCUT2D eigenvalue weighted by Crippen LogP contribution is 2.18. The standard InChI is InChI=1S/C17H19N5OS/c1-5-15-19-20-17(24-15)18-9-14-12(4)21-22(16(14)23)13-7-6-10(2)11(3)8-13/h6-9,21H,5H2,1-4H3/b18-9+. The molecule has 7 heteroatoms. The molecule has 0 saturated heterocycles. The molecule has 1 aromatic carbocycles. The highest BCUT2D eigenvalue weighted by Gasteiger charge is 2.11. The van der Waals surface area contributed by atoms with Crippen molar-refractivity contribution in [1.29, 1.82) is 0 Å². The average molecular weight is 341 g/mol. The fraction of sp³-hybridized carbons (Fsp3) is 0.294. The lowest BCUT2D eigenvalue weighted by Gasteiger charge is -2.05. The van der Waals surface area contributed by atoms with Crippen molar-refractivity contribution < 1.29 is 0 Å². The largest absolute Gasteiger partial charge is 0.295 e. The van der Waals surface area contributed by atoms with E-state index in [1.54, 1.807) is 10.9 Å². The molecule has 0 unspecified atom stereocenters. The zero-order chi connectivity index (χ0) is 17.3. The van der Waals surface area contributed by atoms with E-state index in [-0.39, 0.29) is 5.56 Å². The van der Waals surface area contributed by atoms with Gasteiger partial charge in [-0.1, -0.05) is 24.3 Å². The van der Waals surface area contributed by atoms with Gasteiger partial charge >= 0.3 is 0 Å². The molecule has 0 atom stereocenters. The first-order chi connectivity index (χ1) is 11.5. The molecule has 0 spiro atoms. The van der Waals surface area contributed by atoms with E-state index < -0.39 is 0 Å². The van der Waals surface area contributed by atoms with Crippen LogP contribution in [0.1, 0.15) is 34.3 Å². The molecule has 2 aromatic heterocycles.